The van der Waals surface area contributed by atoms with Gasteiger partial charge in [-0.05, 0) is 25.0 Å². The third kappa shape index (κ3) is 2.03. The molecule has 7 heteroatoms. The largest absolute Gasteiger partial charge is 0.417 e. The van der Waals surface area contributed by atoms with Crippen molar-refractivity contribution in [2.24, 2.45) is 0 Å². The zero-order valence-corrected chi connectivity index (χ0v) is 10.5. The number of halogens is 3. The van der Waals surface area contributed by atoms with Crippen molar-refractivity contribution in [2.45, 2.75) is 19.0 Å². The number of alkyl halides is 3. The summed E-state index contributed by atoms with van der Waals surface area (Å²) >= 11 is 0. The van der Waals surface area contributed by atoms with Crippen molar-refractivity contribution >= 4 is 17.8 Å². The molecule has 1 aliphatic rings. The third-order valence-corrected chi connectivity index (χ3v) is 3.48. The van der Waals surface area contributed by atoms with E-state index in [1.54, 1.807) is 0 Å². The van der Waals surface area contributed by atoms with Gasteiger partial charge in [-0.3, -0.25) is 9.20 Å². The lowest BCUT2D eigenvalue weighted by molar-refractivity contribution is -0.137. The van der Waals surface area contributed by atoms with Crippen LogP contribution in [0.25, 0.3) is 5.65 Å². The maximum absolute atomic E-state index is 12.7. The lowest BCUT2D eigenvalue weighted by Gasteiger charge is -2.14. The average Bonchev–Trinajstić information content (AvgIpc) is 3.03. The van der Waals surface area contributed by atoms with Crippen LogP contribution < -0.4 is 4.90 Å². The molecule has 4 nitrogen and oxygen atoms in total. The molecule has 0 aromatic carbocycles. The van der Waals surface area contributed by atoms with Gasteiger partial charge >= 0.3 is 6.18 Å². The van der Waals surface area contributed by atoms with Crippen molar-refractivity contribution in [3.8, 4) is 0 Å². The summed E-state index contributed by atoms with van der Waals surface area (Å²) in [6, 6.07) is 2.26. The van der Waals surface area contributed by atoms with E-state index in [-0.39, 0.29) is 5.69 Å². The molecule has 0 N–H and O–H groups in total. The highest BCUT2D eigenvalue weighted by Gasteiger charge is 2.31. The number of imidazole rings is 1. The Morgan fingerprint density at radius 3 is 2.50 bits per heavy atom. The van der Waals surface area contributed by atoms with Gasteiger partial charge in [0.15, 0.2) is 12.1 Å². The van der Waals surface area contributed by atoms with Gasteiger partial charge in [-0.25, -0.2) is 4.98 Å². The number of hydrogen-bond acceptors (Lipinski definition) is 3. The number of aldehydes is 1. The first-order valence-electron chi connectivity index (χ1n) is 6.30. The second kappa shape index (κ2) is 4.50. The number of fused-ring (bicyclic) bond motifs is 1. The number of hydrogen-bond donors (Lipinski definition) is 0. The van der Waals surface area contributed by atoms with Crippen molar-refractivity contribution in [2.75, 3.05) is 18.0 Å². The molecule has 106 valence electrons. The van der Waals surface area contributed by atoms with Gasteiger partial charge < -0.3 is 4.90 Å². The van der Waals surface area contributed by atoms with Crippen LogP contribution in [0.3, 0.4) is 0 Å². The van der Waals surface area contributed by atoms with Crippen LogP contribution in [-0.4, -0.2) is 28.8 Å². The summed E-state index contributed by atoms with van der Waals surface area (Å²) in [4.78, 5) is 17.5. The number of anilines is 1. The molecule has 0 bridgehead atoms. The molecule has 0 radical (unpaired) electrons. The van der Waals surface area contributed by atoms with E-state index in [2.05, 4.69) is 4.98 Å². The summed E-state index contributed by atoms with van der Waals surface area (Å²) in [6.07, 6.45) is -0.953. The highest BCUT2D eigenvalue weighted by atomic mass is 19.4. The molecule has 0 atom stereocenters. The Balaban J connectivity index is 2.16. The molecule has 3 rings (SSSR count). The summed E-state index contributed by atoms with van der Waals surface area (Å²) in [5.74, 6) is 0.469. The van der Waals surface area contributed by atoms with Crippen molar-refractivity contribution in [1.29, 1.82) is 0 Å². The second-order valence-corrected chi connectivity index (χ2v) is 4.78. The molecule has 0 amide bonds. The number of rotatable bonds is 2. The van der Waals surface area contributed by atoms with Gasteiger partial charge in [0.25, 0.3) is 0 Å². The first-order valence-corrected chi connectivity index (χ1v) is 6.30. The van der Waals surface area contributed by atoms with Gasteiger partial charge in [0.1, 0.15) is 11.3 Å². The number of pyridine rings is 1. The maximum Gasteiger partial charge on any atom is 0.417 e. The number of aromatic nitrogens is 2. The van der Waals surface area contributed by atoms with Crippen LogP contribution in [0, 0.1) is 0 Å². The highest BCUT2D eigenvalue weighted by molar-refractivity contribution is 5.83. The van der Waals surface area contributed by atoms with E-state index in [1.807, 2.05) is 4.90 Å². The minimum absolute atomic E-state index is 0.174. The van der Waals surface area contributed by atoms with E-state index in [0.717, 1.165) is 38.2 Å². The standard InChI is InChI=1S/C13H12F3N3O/c14-13(15,16)9-3-4-11-17-12(18-5-1-2-6-18)10(8-20)19(11)7-9/h3-4,7-8H,1-2,5-6H2. The number of carbonyl (C=O) groups is 1. The summed E-state index contributed by atoms with van der Waals surface area (Å²) in [5, 5.41) is 0. The molecule has 0 aliphatic carbocycles. The zero-order chi connectivity index (χ0) is 14.3. The van der Waals surface area contributed by atoms with Crippen molar-refractivity contribution in [3.05, 3.63) is 29.6 Å². The monoisotopic (exact) mass is 283 g/mol. The fraction of sp³-hybridized carbons (Fsp3) is 0.385. The quantitative estimate of drug-likeness (QED) is 0.795. The second-order valence-electron chi connectivity index (χ2n) is 4.78. The van der Waals surface area contributed by atoms with Crippen LogP contribution in [0.15, 0.2) is 18.3 Å². The van der Waals surface area contributed by atoms with Crippen molar-refractivity contribution in [1.82, 2.24) is 9.38 Å². The SMILES string of the molecule is O=Cc1c(N2CCCC2)nc2ccc(C(F)(F)F)cn12. The number of carbonyl (C=O) groups excluding carboxylic acids is 1. The van der Waals surface area contributed by atoms with Crippen LogP contribution in [-0.2, 0) is 6.18 Å². The Morgan fingerprint density at radius 1 is 1.20 bits per heavy atom. The van der Waals surface area contributed by atoms with Crippen molar-refractivity contribution in [3.63, 3.8) is 0 Å². The smallest absolute Gasteiger partial charge is 0.355 e. The Hall–Kier alpha value is -2.05. The van der Waals surface area contributed by atoms with Crippen LogP contribution in [0.4, 0.5) is 19.0 Å². The van der Waals surface area contributed by atoms with E-state index in [4.69, 9.17) is 0 Å². The molecular formula is C13H12F3N3O. The van der Waals surface area contributed by atoms with Crippen molar-refractivity contribution < 1.29 is 18.0 Å². The maximum atomic E-state index is 12.7. The molecule has 1 aliphatic heterocycles. The Labute approximate surface area is 112 Å². The summed E-state index contributed by atoms with van der Waals surface area (Å²) in [7, 11) is 0. The van der Waals surface area contributed by atoms with Gasteiger partial charge in [-0.1, -0.05) is 0 Å². The molecule has 1 fully saturated rings. The molecule has 2 aromatic rings. The van der Waals surface area contributed by atoms with E-state index in [0.29, 0.717) is 17.8 Å². The molecule has 0 spiro atoms. The minimum atomic E-state index is -4.44. The Morgan fingerprint density at radius 2 is 1.90 bits per heavy atom. The summed E-state index contributed by atoms with van der Waals surface area (Å²) in [5.41, 5.74) is -0.270. The fourth-order valence-electron chi connectivity index (χ4n) is 2.49. The molecular weight excluding hydrogens is 271 g/mol. The average molecular weight is 283 g/mol. The highest BCUT2D eigenvalue weighted by Crippen LogP contribution is 2.31. The van der Waals surface area contributed by atoms with Gasteiger partial charge in [0.2, 0.25) is 0 Å². The zero-order valence-electron chi connectivity index (χ0n) is 10.5. The molecule has 1 saturated heterocycles. The first kappa shape index (κ1) is 13.0. The Kier molecular flexibility index (Phi) is 2.92. The van der Waals surface area contributed by atoms with Crippen LogP contribution in [0.1, 0.15) is 28.9 Å². The van der Waals surface area contributed by atoms with E-state index in [1.165, 1.54) is 10.5 Å². The van der Waals surface area contributed by atoms with E-state index >= 15 is 0 Å². The fourth-order valence-corrected chi connectivity index (χ4v) is 2.49. The van der Waals surface area contributed by atoms with Crippen LogP contribution in [0.5, 0.6) is 0 Å². The number of nitrogens with zero attached hydrogens (tertiary/aromatic N) is 3. The molecule has 20 heavy (non-hydrogen) atoms. The van der Waals surface area contributed by atoms with Crippen LogP contribution in [0.2, 0.25) is 0 Å². The minimum Gasteiger partial charge on any atom is -0.355 e. The molecule has 3 heterocycles. The molecule has 2 aromatic heterocycles. The summed E-state index contributed by atoms with van der Waals surface area (Å²) < 4.78 is 39.4. The lowest BCUT2D eigenvalue weighted by Crippen LogP contribution is -2.19. The lowest BCUT2D eigenvalue weighted by atomic mass is 10.3. The normalized spacial score (nSPS) is 16.1. The molecule has 0 unspecified atom stereocenters. The first-order chi connectivity index (χ1) is 9.50. The van der Waals surface area contributed by atoms with Gasteiger partial charge in [0, 0.05) is 19.3 Å². The third-order valence-electron chi connectivity index (χ3n) is 3.48. The Bertz CT molecular complexity index is 657. The van der Waals surface area contributed by atoms with E-state index in [9.17, 15) is 18.0 Å². The molecule has 0 saturated carbocycles. The van der Waals surface area contributed by atoms with E-state index < -0.39 is 11.7 Å². The van der Waals surface area contributed by atoms with Gasteiger partial charge in [-0.2, -0.15) is 13.2 Å². The van der Waals surface area contributed by atoms with Gasteiger partial charge in [-0.15, -0.1) is 0 Å². The van der Waals surface area contributed by atoms with Gasteiger partial charge in [0.05, 0.1) is 5.56 Å². The van der Waals surface area contributed by atoms with Crippen LogP contribution >= 0.6 is 0 Å². The predicted octanol–water partition coefficient (Wildman–Crippen LogP) is 2.77. The predicted molar refractivity (Wildman–Crippen MR) is 67.0 cm³/mol. The topological polar surface area (TPSA) is 37.6 Å². The summed E-state index contributed by atoms with van der Waals surface area (Å²) in [6.45, 7) is 1.55.